The fourth-order valence-electron chi connectivity index (χ4n) is 3.92. The number of benzene rings is 2. The Balaban J connectivity index is 1.48. The number of nitriles is 1. The molecule has 10 nitrogen and oxygen atoms in total. The molecule has 0 saturated carbocycles. The van der Waals surface area contributed by atoms with Gasteiger partial charge in [-0.05, 0) is 29.8 Å². The number of fused-ring (bicyclic) bond motifs is 1. The number of nitrogens with two attached hydrogens (primary N) is 1. The molecule has 2 aromatic carbocycles. The van der Waals surface area contributed by atoms with Gasteiger partial charge in [0.15, 0.2) is 17.3 Å². The lowest BCUT2D eigenvalue weighted by Crippen LogP contribution is -2.48. The number of carbonyl (C=O) groups is 1. The number of nitrogens with zero attached hydrogens (tertiary/aromatic N) is 5. The zero-order valence-electron chi connectivity index (χ0n) is 20.6. The van der Waals surface area contributed by atoms with Gasteiger partial charge in [0.05, 0.1) is 25.3 Å². The van der Waals surface area contributed by atoms with E-state index < -0.39 is 5.82 Å². The fourth-order valence-corrected chi connectivity index (χ4v) is 3.92. The normalized spacial score (nSPS) is 13.7. The summed E-state index contributed by atoms with van der Waals surface area (Å²) in [5.74, 6) is -0.311. The first-order valence-corrected chi connectivity index (χ1v) is 11.6. The molecule has 1 aliphatic rings. The molecule has 0 unspecified atom stereocenters. The van der Waals surface area contributed by atoms with Crippen LogP contribution in [-0.4, -0.2) is 74.4 Å². The van der Waals surface area contributed by atoms with Gasteiger partial charge < -0.3 is 29.7 Å². The molecule has 3 aromatic rings. The maximum absolute atomic E-state index is 15.4. The Morgan fingerprint density at radius 1 is 1.16 bits per heavy atom. The van der Waals surface area contributed by atoms with Crippen LogP contribution in [0.5, 0.6) is 11.5 Å². The monoisotopic (exact) mass is 506 g/mol. The molecule has 0 atom stereocenters. The van der Waals surface area contributed by atoms with E-state index in [9.17, 15) is 4.79 Å². The molecule has 1 aromatic heterocycles. The minimum Gasteiger partial charge on any atom is -0.493 e. The standard InChI is InChI=1S/C26H27FN6O4/c1-35-13-14-37-24-20(36-2)15-19-23(22(24)27)30-26(31-25(19)29)33-11-9-32(10-12-33)21(34)8-7-17-3-5-18(16-28)6-4-17/h3-8,15H,9-14H2,1-2H3,(H2,29,30,31)/b8-7+. The Labute approximate surface area is 213 Å². The van der Waals surface area contributed by atoms with Crippen molar-refractivity contribution in [1.82, 2.24) is 14.9 Å². The number of piperazine rings is 1. The first kappa shape index (κ1) is 25.7. The second-order valence-corrected chi connectivity index (χ2v) is 8.25. The number of hydrogen-bond acceptors (Lipinski definition) is 9. The lowest BCUT2D eigenvalue weighted by Gasteiger charge is -2.34. The number of anilines is 2. The molecule has 2 N–H and O–H groups in total. The van der Waals surface area contributed by atoms with Gasteiger partial charge in [-0.3, -0.25) is 4.79 Å². The summed E-state index contributed by atoms with van der Waals surface area (Å²) in [5, 5.41) is 9.21. The Morgan fingerprint density at radius 3 is 2.54 bits per heavy atom. The molecule has 11 heteroatoms. The van der Waals surface area contributed by atoms with Crippen LogP contribution < -0.4 is 20.1 Å². The molecular weight excluding hydrogens is 479 g/mol. The average Bonchev–Trinajstić information content (AvgIpc) is 2.93. The number of hydrogen-bond donors (Lipinski definition) is 1. The first-order valence-electron chi connectivity index (χ1n) is 11.6. The summed E-state index contributed by atoms with van der Waals surface area (Å²) in [5.41, 5.74) is 7.58. The van der Waals surface area contributed by atoms with Gasteiger partial charge in [-0.2, -0.15) is 10.2 Å². The van der Waals surface area contributed by atoms with Gasteiger partial charge in [-0.1, -0.05) is 12.1 Å². The van der Waals surface area contributed by atoms with E-state index >= 15 is 4.39 Å². The molecule has 0 spiro atoms. The number of carbonyl (C=O) groups excluding carboxylic acids is 1. The van der Waals surface area contributed by atoms with E-state index in [0.717, 1.165) is 5.56 Å². The average molecular weight is 507 g/mol. The first-order chi connectivity index (χ1) is 17.9. The van der Waals surface area contributed by atoms with Crippen LogP contribution in [-0.2, 0) is 9.53 Å². The molecule has 37 heavy (non-hydrogen) atoms. The van der Waals surface area contributed by atoms with E-state index in [2.05, 4.69) is 16.0 Å². The summed E-state index contributed by atoms with van der Waals surface area (Å²) in [6.07, 6.45) is 3.22. The predicted molar refractivity (Wildman–Crippen MR) is 137 cm³/mol. The minimum atomic E-state index is -0.692. The number of halogens is 1. The van der Waals surface area contributed by atoms with Crippen molar-refractivity contribution in [2.24, 2.45) is 0 Å². The summed E-state index contributed by atoms with van der Waals surface area (Å²) in [6.45, 7) is 2.21. The van der Waals surface area contributed by atoms with Crippen LogP contribution in [0, 0.1) is 17.1 Å². The van der Waals surface area contributed by atoms with E-state index in [1.165, 1.54) is 20.3 Å². The van der Waals surface area contributed by atoms with Crippen LogP contribution in [0.2, 0.25) is 0 Å². The summed E-state index contributed by atoms with van der Waals surface area (Å²) in [6, 6.07) is 10.6. The summed E-state index contributed by atoms with van der Waals surface area (Å²) in [7, 11) is 2.94. The van der Waals surface area contributed by atoms with Gasteiger partial charge in [0, 0.05) is 44.8 Å². The highest BCUT2D eigenvalue weighted by Gasteiger charge is 2.25. The van der Waals surface area contributed by atoms with Gasteiger partial charge >= 0.3 is 0 Å². The number of rotatable bonds is 8. The topological polar surface area (TPSA) is 127 Å². The highest BCUT2D eigenvalue weighted by molar-refractivity contribution is 5.93. The molecular formula is C26H27FN6O4. The van der Waals surface area contributed by atoms with Crippen LogP contribution in [0.3, 0.4) is 0 Å². The largest absolute Gasteiger partial charge is 0.493 e. The highest BCUT2D eigenvalue weighted by atomic mass is 19.1. The van der Waals surface area contributed by atoms with Gasteiger partial charge in [-0.25, -0.2) is 9.37 Å². The van der Waals surface area contributed by atoms with E-state index in [-0.39, 0.29) is 47.9 Å². The van der Waals surface area contributed by atoms with Crippen molar-refractivity contribution < 1.29 is 23.4 Å². The third-order valence-corrected chi connectivity index (χ3v) is 5.96. The Hall–Kier alpha value is -4.43. The number of aromatic nitrogens is 2. The van der Waals surface area contributed by atoms with Crippen LogP contribution >= 0.6 is 0 Å². The van der Waals surface area contributed by atoms with Crippen molar-refractivity contribution in [3.8, 4) is 17.6 Å². The molecule has 1 fully saturated rings. The van der Waals surface area contributed by atoms with Crippen molar-refractivity contribution in [3.63, 3.8) is 0 Å². The van der Waals surface area contributed by atoms with Crippen LogP contribution in [0.15, 0.2) is 36.4 Å². The Bertz CT molecular complexity index is 1350. The number of nitrogen functional groups attached to an aromatic ring is 1. The zero-order valence-corrected chi connectivity index (χ0v) is 20.6. The second-order valence-electron chi connectivity index (χ2n) is 8.25. The molecule has 1 saturated heterocycles. The van der Waals surface area contributed by atoms with Gasteiger partial charge in [0.1, 0.15) is 17.9 Å². The molecule has 0 bridgehead atoms. The fraction of sp³-hybridized carbons (Fsp3) is 0.308. The maximum atomic E-state index is 15.4. The van der Waals surface area contributed by atoms with E-state index in [4.69, 9.17) is 25.2 Å². The smallest absolute Gasteiger partial charge is 0.246 e. The molecule has 192 valence electrons. The third kappa shape index (κ3) is 5.70. The molecule has 2 heterocycles. The number of ether oxygens (including phenoxy) is 3. The third-order valence-electron chi connectivity index (χ3n) is 5.96. The van der Waals surface area contributed by atoms with Crippen molar-refractivity contribution in [1.29, 1.82) is 5.26 Å². The van der Waals surface area contributed by atoms with E-state index in [0.29, 0.717) is 37.1 Å². The second kappa shape index (κ2) is 11.5. The van der Waals surface area contributed by atoms with E-state index in [1.54, 1.807) is 41.3 Å². The van der Waals surface area contributed by atoms with Crippen LogP contribution in [0.4, 0.5) is 16.2 Å². The van der Waals surface area contributed by atoms with Crippen LogP contribution in [0.1, 0.15) is 11.1 Å². The van der Waals surface area contributed by atoms with Gasteiger partial charge in [0.25, 0.3) is 0 Å². The lowest BCUT2D eigenvalue weighted by atomic mass is 10.1. The zero-order chi connectivity index (χ0) is 26.4. The highest BCUT2D eigenvalue weighted by Crippen LogP contribution is 2.38. The van der Waals surface area contributed by atoms with Crippen molar-refractivity contribution in [3.05, 3.63) is 53.4 Å². The SMILES string of the molecule is COCCOc1c(OC)cc2c(N)nc(N3CCN(C(=O)/C=C/c4ccc(C#N)cc4)CC3)nc2c1F. The molecule has 1 aliphatic heterocycles. The summed E-state index contributed by atoms with van der Waals surface area (Å²) in [4.78, 5) is 25.0. The van der Waals surface area contributed by atoms with Gasteiger partial charge in [-0.15, -0.1) is 0 Å². The molecule has 0 radical (unpaired) electrons. The number of methoxy groups -OCH3 is 2. The molecule has 4 rings (SSSR count). The quantitative estimate of drug-likeness (QED) is 0.362. The minimum absolute atomic E-state index is 0.0274. The van der Waals surface area contributed by atoms with Crippen molar-refractivity contribution >= 4 is 34.7 Å². The summed E-state index contributed by atoms with van der Waals surface area (Å²) < 4.78 is 31.2. The van der Waals surface area contributed by atoms with Crippen molar-refractivity contribution in [2.75, 3.05) is 64.2 Å². The summed E-state index contributed by atoms with van der Waals surface area (Å²) >= 11 is 0. The maximum Gasteiger partial charge on any atom is 0.246 e. The molecule has 1 amide bonds. The van der Waals surface area contributed by atoms with Crippen molar-refractivity contribution in [2.45, 2.75) is 0 Å². The van der Waals surface area contributed by atoms with Gasteiger partial charge in [0.2, 0.25) is 11.9 Å². The lowest BCUT2D eigenvalue weighted by molar-refractivity contribution is -0.126. The molecule has 0 aliphatic carbocycles. The predicted octanol–water partition coefficient (Wildman–Crippen LogP) is 2.62. The Kier molecular flexibility index (Phi) is 8.00. The number of amides is 1. The Morgan fingerprint density at radius 2 is 1.89 bits per heavy atom. The van der Waals surface area contributed by atoms with Crippen LogP contribution in [0.25, 0.3) is 17.0 Å². The van der Waals surface area contributed by atoms with E-state index in [1.807, 2.05) is 4.90 Å².